The van der Waals surface area contributed by atoms with Crippen molar-refractivity contribution in [3.63, 3.8) is 0 Å². The first-order chi connectivity index (χ1) is 10.3. The molecular weight excluding hydrogens is 262 g/mol. The van der Waals surface area contributed by atoms with Gasteiger partial charge in [0.15, 0.2) is 0 Å². The maximum absolute atomic E-state index is 12.3. The molecule has 0 unspecified atom stereocenters. The summed E-state index contributed by atoms with van der Waals surface area (Å²) in [4.78, 5) is 16.8. The Bertz CT molecular complexity index is 809. The van der Waals surface area contributed by atoms with Gasteiger partial charge < -0.3 is 9.88 Å². The van der Waals surface area contributed by atoms with E-state index in [4.69, 9.17) is 0 Å². The predicted octanol–water partition coefficient (Wildman–Crippen LogP) is 2.22. The summed E-state index contributed by atoms with van der Waals surface area (Å²) in [7, 11) is 1.78. The average Bonchev–Trinajstić information content (AvgIpc) is 2.53. The number of rotatable bonds is 4. The molecule has 0 radical (unpaired) electrons. The summed E-state index contributed by atoms with van der Waals surface area (Å²) in [5.74, 6) is 0. The minimum absolute atomic E-state index is 0.0470. The Hall–Kier alpha value is -2.46. The van der Waals surface area contributed by atoms with Gasteiger partial charge in [-0.15, -0.1) is 0 Å². The normalized spacial score (nSPS) is 10.9. The summed E-state index contributed by atoms with van der Waals surface area (Å²) in [6, 6.07) is 17.8. The molecule has 0 spiro atoms. The molecule has 1 heterocycles. The fourth-order valence-electron chi connectivity index (χ4n) is 2.37. The molecule has 1 aromatic heterocycles. The van der Waals surface area contributed by atoms with E-state index in [0.717, 1.165) is 17.6 Å². The van der Waals surface area contributed by atoms with Crippen LogP contribution in [0.4, 0.5) is 0 Å². The van der Waals surface area contributed by atoms with E-state index >= 15 is 0 Å². The van der Waals surface area contributed by atoms with Crippen LogP contribution in [0.3, 0.4) is 0 Å². The van der Waals surface area contributed by atoms with E-state index in [1.165, 1.54) is 5.56 Å². The Morgan fingerprint density at radius 1 is 1.00 bits per heavy atom. The van der Waals surface area contributed by atoms with Crippen molar-refractivity contribution in [3.8, 4) is 0 Å². The van der Waals surface area contributed by atoms with Crippen LogP contribution in [0, 0.1) is 0 Å². The van der Waals surface area contributed by atoms with Crippen LogP contribution in [0.15, 0.2) is 59.4 Å². The number of hydrogen-bond donors (Lipinski definition) is 1. The molecule has 0 aliphatic rings. The highest BCUT2D eigenvalue weighted by atomic mass is 16.1. The van der Waals surface area contributed by atoms with Crippen LogP contribution in [-0.2, 0) is 20.1 Å². The molecular formula is C17H17N3O. The zero-order valence-corrected chi connectivity index (χ0v) is 11.9. The van der Waals surface area contributed by atoms with Gasteiger partial charge in [-0.2, -0.15) is 0 Å². The van der Waals surface area contributed by atoms with E-state index in [0.29, 0.717) is 12.2 Å². The van der Waals surface area contributed by atoms with Crippen LogP contribution in [0.5, 0.6) is 0 Å². The highest BCUT2D eigenvalue weighted by Crippen LogP contribution is 2.08. The van der Waals surface area contributed by atoms with E-state index in [9.17, 15) is 4.79 Å². The molecule has 4 nitrogen and oxygen atoms in total. The van der Waals surface area contributed by atoms with Gasteiger partial charge in [-0.25, -0.2) is 4.98 Å². The number of aromatic nitrogens is 2. The number of nitrogens with zero attached hydrogens (tertiary/aromatic N) is 2. The molecule has 0 fully saturated rings. The molecule has 2 aromatic carbocycles. The van der Waals surface area contributed by atoms with Crippen molar-refractivity contribution in [1.82, 2.24) is 14.9 Å². The molecule has 1 N–H and O–H groups in total. The molecule has 0 aliphatic heterocycles. The van der Waals surface area contributed by atoms with Crippen molar-refractivity contribution in [2.24, 2.45) is 7.05 Å². The highest BCUT2D eigenvalue weighted by molar-refractivity contribution is 5.74. The van der Waals surface area contributed by atoms with Crippen molar-refractivity contribution in [1.29, 1.82) is 0 Å². The quantitative estimate of drug-likeness (QED) is 0.796. The third-order valence-electron chi connectivity index (χ3n) is 3.51. The zero-order valence-electron chi connectivity index (χ0n) is 11.9. The third kappa shape index (κ3) is 2.85. The fraction of sp³-hybridized carbons (Fsp3) is 0.176. The standard InChI is InChI=1S/C17H17N3O/c1-20-16-10-6-5-9-14(16)19-15(17(20)21)12-18-11-13-7-3-2-4-8-13/h2-10,18H,11-12H2,1H3. The number of benzene rings is 2. The average molecular weight is 279 g/mol. The van der Waals surface area contributed by atoms with Crippen LogP contribution < -0.4 is 10.9 Å². The smallest absolute Gasteiger partial charge is 0.273 e. The summed E-state index contributed by atoms with van der Waals surface area (Å²) < 4.78 is 1.65. The van der Waals surface area contributed by atoms with Gasteiger partial charge in [0, 0.05) is 20.1 Å². The summed E-state index contributed by atoms with van der Waals surface area (Å²) in [6.45, 7) is 1.19. The van der Waals surface area contributed by atoms with E-state index in [1.54, 1.807) is 11.6 Å². The maximum Gasteiger partial charge on any atom is 0.273 e. The Balaban J connectivity index is 1.81. The maximum atomic E-state index is 12.3. The monoisotopic (exact) mass is 279 g/mol. The summed E-state index contributed by atoms with van der Waals surface area (Å²) in [5, 5.41) is 3.27. The largest absolute Gasteiger partial charge is 0.308 e. The first-order valence-electron chi connectivity index (χ1n) is 6.95. The van der Waals surface area contributed by atoms with Crippen LogP contribution in [0.1, 0.15) is 11.3 Å². The molecule has 3 rings (SSSR count). The van der Waals surface area contributed by atoms with E-state index in [1.807, 2.05) is 42.5 Å². The van der Waals surface area contributed by atoms with Crippen molar-refractivity contribution in [2.75, 3.05) is 0 Å². The first-order valence-corrected chi connectivity index (χ1v) is 6.95. The second kappa shape index (κ2) is 5.89. The van der Waals surface area contributed by atoms with Gasteiger partial charge in [-0.1, -0.05) is 42.5 Å². The van der Waals surface area contributed by atoms with Gasteiger partial charge in [-0.3, -0.25) is 4.79 Å². The Morgan fingerprint density at radius 2 is 1.71 bits per heavy atom. The van der Waals surface area contributed by atoms with Crippen LogP contribution in [0.2, 0.25) is 0 Å². The second-order valence-corrected chi connectivity index (χ2v) is 5.00. The highest BCUT2D eigenvalue weighted by Gasteiger charge is 2.07. The van der Waals surface area contributed by atoms with E-state index in [-0.39, 0.29) is 5.56 Å². The SMILES string of the molecule is Cn1c(=O)c(CNCc2ccccc2)nc2ccccc21. The molecule has 0 saturated heterocycles. The molecule has 3 aromatic rings. The molecule has 0 bridgehead atoms. The number of aryl methyl sites for hydroxylation is 1. The van der Waals surface area contributed by atoms with Gasteiger partial charge >= 0.3 is 0 Å². The minimum atomic E-state index is -0.0470. The summed E-state index contributed by atoms with van der Waals surface area (Å²) in [6.07, 6.45) is 0. The van der Waals surface area contributed by atoms with Crippen LogP contribution in [-0.4, -0.2) is 9.55 Å². The van der Waals surface area contributed by atoms with E-state index < -0.39 is 0 Å². The second-order valence-electron chi connectivity index (χ2n) is 5.00. The summed E-state index contributed by atoms with van der Waals surface area (Å²) in [5.41, 5.74) is 3.39. The Labute approximate surface area is 123 Å². The van der Waals surface area contributed by atoms with Crippen LogP contribution in [0.25, 0.3) is 11.0 Å². The van der Waals surface area contributed by atoms with Crippen molar-refractivity contribution in [2.45, 2.75) is 13.1 Å². The molecule has 21 heavy (non-hydrogen) atoms. The fourth-order valence-corrected chi connectivity index (χ4v) is 2.37. The van der Waals surface area contributed by atoms with Gasteiger partial charge in [-0.05, 0) is 17.7 Å². The number of para-hydroxylation sites is 2. The van der Waals surface area contributed by atoms with E-state index in [2.05, 4.69) is 22.4 Å². The van der Waals surface area contributed by atoms with Gasteiger partial charge in [0.05, 0.1) is 11.0 Å². The topological polar surface area (TPSA) is 46.9 Å². The minimum Gasteiger partial charge on any atom is -0.308 e. The lowest BCUT2D eigenvalue weighted by atomic mass is 10.2. The molecule has 0 atom stereocenters. The zero-order chi connectivity index (χ0) is 14.7. The van der Waals surface area contributed by atoms with Gasteiger partial charge in [0.25, 0.3) is 5.56 Å². The van der Waals surface area contributed by atoms with Crippen LogP contribution >= 0.6 is 0 Å². The Kier molecular flexibility index (Phi) is 3.79. The predicted molar refractivity (Wildman–Crippen MR) is 84.0 cm³/mol. The molecule has 0 aliphatic carbocycles. The van der Waals surface area contributed by atoms with Crippen molar-refractivity contribution in [3.05, 3.63) is 76.2 Å². The molecule has 0 saturated carbocycles. The lowest BCUT2D eigenvalue weighted by Gasteiger charge is -2.08. The number of nitrogens with one attached hydrogen (secondary N) is 1. The van der Waals surface area contributed by atoms with Gasteiger partial charge in [0.2, 0.25) is 0 Å². The molecule has 0 amide bonds. The molecule has 4 heteroatoms. The van der Waals surface area contributed by atoms with Crippen molar-refractivity contribution >= 4 is 11.0 Å². The third-order valence-corrected chi connectivity index (χ3v) is 3.51. The lowest BCUT2D eigenvalue weighted by Crippen LogP contribution is -2.27. The first kappa shape index (κ1) is 13.5. The Morgan fingerprint density at radius 3 is 2.52 bits per heavy atom. The lowest BCUT2D eigenvalue weighted by molar-refractivity contribution is 0.666. The van der Waals surface area contributed by atoms with Gasteiger partial charge in [0.1, 0.15) is 5.69 Å². The molecule has 106 valence electrons. The number of fused-ring (bicyclic) bond motifs is 1. The summed E-state index contributed by atoms with van der Waals surface area (Å²) >= 11 is 0. The van der Waals surface area contributed by atoms with Crippen molar-refractivity contribution < 1.29 is 0 Å². The number of hydrogen-bond acceptors (Lipinski definition) is 3.